The molecule has 0 spiro atoms. The van der Waals surface area contributed by atoms with Gasteiger partial charge in [0.2, 0.25) is 10.0 Å². The minimum absolute atomic E-state index is 0.0530. The van der Waals surface area contributed by atoms with Crippen LogP contribution in [0.2, 0.25) is 0 Å². The first kappa shape index (κ1) is 14.9. The van der Waals surface area contributed by atoms with Crippen molar-refractivity contribution in [2.45, 2.75) is 38.2 Å². The largest absolute Gasteiger partial charge is 0.399 e. The molecule has 1 rings (SSSR count). The number of nitrogens with one attached hydrogen (secondary N) is 1. The highest BCUT2D eigenvalue weighted by Crippen LogP contribution is 2.22. The topological polar surface area (TPSA) is 92.4 Å². The number of sulfonamides is 1. The second-order valence-electron chi connectivity index (χ2n) is 5.10. The molecule has 0 aliphatic carbocycles. The van der Waals surface area contributed by atoms with Gasteiger partial charge in [0.05, 0.1) is 10.5 Å². The maximum atomic E-state index is 12.1. The highest BCUT2D eigenvalue weighted by molar-refractivity contribution is 7.89. The molecule has 102 valence electrons. The van der Waals surface area contributed by atoms with Crippen LogP contribution in [-0.4, -0.2) is 25.7 Å². The molecule has 18 heavy (non-hydrogen) atoms. The summed E-state index contributed by atoms with van der Waals surface area (Å²) in [5.41, 5.74) is 6.45. The summed E-state index contributed by atoms with van der Waals surface area (Å²) in [6, 6.07) is 3.15. The first-order valence-corrected chi connectivity index (χ1v) is 7.10. The lowest BCUT2D eigenvalue weighted by molar-refractivity contribution is 0.0857. The number of nitrogen functional groups attached to an aromatic ring is 1. The van der Waals surface area contributed by atoms with E-state index < -0.39 is 15.6 Å². The van der Waals surface area contributed by atoms with Crippen LogP contribution >= 0.6 is 0 Å². The van der Waals surface area contributed by atoms with Crippen LogP contribution in [-0.2, 0) is 10.0 Å². The van der Waals surface area contributed by atoms with Gasteiger partial charge in [-0.15, -0.1) is 0 Å². The van der Waals surface area contributed by atoms with Crippen LogP contribution in [0.25, 0.3) is 0 Å². The quantitative estimate of drug-likeness (QED) is 0.711. The van der Waals surface area contributed by atoms with Gasteiger partial charge in [-0.2, -0.15) is 0 Å². The van der Waals surface area contributed by atoms with Gasteiger partial charge < -0.3 is 10.8 Å². The molecule has 0 aromatic heterocycles. The Kier molecular flexibility index (Phi) is 4.05. The van der Waals surface area contributed by atoms with Gasteiger partial charge in [-0.05, 0) is 51.0 Å². The summed E-state index contributed by atoms with van der Waals surface area (Å²) < 4.78 is 26.6. The van der Waals surface area contributed by atoms with Gasteiger partial charge in [0.25, 0.3) is 0 Å². The molecule has 0 heterocycles. The Balaban J connectivity index is 3.13. The lowest BCUT2D eigenvalue weighted by Gasteiger charge is -2.19. The molecule has 0 fully saturated rings. The summed E-state index contributed by atoms with van der Waals surface area (Å²) in [7, 11) is -3.66. The van der Waals surface area contributed by atoms with Crippen LogP contribution in [0.1, 0.15) is 25.0 Å². The Labute approximate surface area is 108 Å². The monoisotopic (exact) mass is 272 g/mol. The second kappa shape index (κ2) is 4.87. The predicted octanol–water partition coefficient (Wildman–Crippen LogP) is 0.935. The van der Waals surface area contributed by atoms with E-state index in [1.54, 1.807) is 19.9 Å². The van der Waals surface area contributed by atoms with Crippen LogP contribution in [0.3, 0.4) is 0 Å². The average Bonchev–Trinajstić information content (AvgIpc) is 2.19. The van der Waals surface area contributed by atoms with Gasteiger partial charge in [-0.25, -0.2) is 13.1 Å². The molecule has 0 saturated heterocycles. The summed E-state index contributed by atoms with van der Waals surface area (Å²) >= 11 is 0. The van der Waals surface area contributed by atoms with Crippen LogP contribution in [0.4, 0.5) is 5.69 Å². The van der Waals surface area contributed by atoms with E-state index in [1.807, 2.05) is 0 Å². The molecule has 0 saturated carbocycles. The van der Waals surface area contributed by atoms with E-state index in [2.05, 4.69) is 4.72 Å². The number of hydrogen-bond donors (Lipinski definition) is 3. The Bertz CT molecular complexity index is 545. The van der Waals surface area contributed by atoms with Crippen molar-refractivity contribution < 1.29 is 13.5 Å². The van der Waals surface area contributed by atoms with E-state index in [4.69, 9.17) is 5.73 Å². The van der Waals surface area contributed by atoms with Crippen molar-refractivity contribution in [1.29, 1.82) is 0 Å². The number of hydrogen-bond acceptors (Lipinski definition) is 4. The number of anilines is 1. The number of benzene rings is 1. The van der Waals surface area contributed by atoms with Gasteiger partial charge in [-0.3, -0.25) is 0 Å². The summed E-state index contributed by atoms with van der Waals surface area (Å²) in [6.45, 7) is 6.55. The van der Waals surface area contributed by atoms with E-state index in [-0.39, 0.29) is 11.4 Å². The first-order valence-electron chi connectivity index (χ1n) is 5.62. The van der Waals surface area contributed by atoms with Crippen molar-refractivity contribution in [3.63, 3.8) is 0 Å². The lowest BCUT2D eigenvalue weighted by atomic mass is 10.1. The smallest absolute Gasteiger partial charge is 0.241 e. The number of aryl methyl sites for hydroxylation is 1. The zero-order valence-corrected chi connectivity index (χ0v) is 11.9. The maximum absolute atomic E-state index is 12.1. The van der Waals surface area contributed by atoms with Gasteiger partial charge >= 0.3 is 0 Å². The van der Waals surface area contributed by atoms with Gasteiger partial charge in [0.15, 0.2) is 0 Å². The molecule has 4 N–H and O–H groups in total. The van der Waals surface area contributed by atoms with Crippen LogP contribution in [0.15, 0.2) is 17.0 Å². The van der Waals surface area contributed by atoms with E-state index in [0.29, 0.717) is 11.3 Å². The molecule has 0 unspecified atom stereocenters. The summed E-state index contributed by atoms with van der Waals surface area (Å²) in [5.74, 6) is 0. The zero-order chi connectivity index (χ0) is 14.1. The Morgan fingerprint density at radius 3 is 2.39 bits per heavy atom. The Hall–Kier alpha value is -1.11. The standard InChI is InChI=1S/C12H20N2O3S/c1-8-5-10(13)6-11(9(8)2)18(16,17)14-7-12(3,4)15/h5-6,14-15H,7,13H2,1-4H3. The number of rotatable bonds is 4. The number of aliphatic hydroxyl groups is 1. The lowest BCUT2D eigenvalue weighted by Crippen LogP contribution is -2.38. The average molecular weight is 272 g/mol. The first-order chi connectivity index (χ1) is 8.03. The Morgan fingerprint density at radius 2 is 1.89 bits per heavy atom. The van der Waals surface area contributed by atoms with Crippen molar-refractivity contribution in [2.75, 3.05) is 12.3 Å². The highest BCUT2D eigenvalue weighted by Gasteiger charge is 2.22. The number of nitrogens with two attached hydrogens (primary N) is 1. The fourth-order valence-electron chi connectivity index (χ4n) is 1.48. The second-order valence-corrected chi connectivity index (χ2v) is 6.83. The maximum Gasteiger partial charge on any atom is 0.241 e. The van der Waals surface area contributed by atoms with Crippen LogP contribution in [0, 0.1) is 13.8 Å². The molecule has 1 aromatic carbocycles. The van der Waals surface area contributed by atoms with Crippen LogP contribution in [0.5, 0.6) is 0 Å². The van der Waals surface area contributed by atoms with E-state index in [9.17, 15) is 13.5 Å². The highest BCUT2D eigenvalue weighted by atomic mass is 32.2. The summed E-state index contributed by atoms with van der Waals surface area (Å²) in [5, 5.41) is 9.55. The van der Waals surface area contributed by atoms with Crippen molar-refractivity contribution in [3.05, 3.63) is 23.3 Å². The SMILES string of the molecule is Cc1cc(N)cc(S(=O)(=O)NCC(C)(C)O)c1C. The third-order valence-electron chi connectivity index (χ3n) is 2.63. The summed E-state index contributed by atoms with van der Waals surface area (Å²) in [6.07, 6.45) is 0. The molecule has 0 aliphatic heterocycles. The molecule has 0 aliphatic rings. The van der Waals surface area contributed by atoms with E-state index >= 15 is 0 Å². The van der Waals surface area contributed by atoms with Crippen molar-refractivity contribution in [3.8, 4) is 0 Å². The predicted molar refractivity (Wildman–Crippen MR) is 71.8 cm³/mol. The normalized spacial score (nSPS) is 12.7. The van der Waals surface area contributed by atoms with Crippen molar-refractivity contribution >= 4 is 15.7 Å². The van der Waals surface area contributed by atoms with Gasteiger partial charge in [0, 0.05) is 12.2 Å². The molecule has 5 nitrogen and oxygen atoms in total. The van der Waals surface area contributed by atoms with E-state index in [0.717, 1.165) is 5.56 Å². The van der Waals surface area contributed by atoms with E-state index in [1.165, 1.54) is 19.9 Å². The molecular formula is C12H20N2O3S. The molecule has 0 amide bonds. The molecular weight excluding hydrogens is 252 g/mol. The molecule has 0 radical (unpaired) electrons. The fraction of sp³-hybridized carbons (Fsp3) is 0.500. The zero-order valence-electron chi connectivity index (χ0n) is 11.1. The minimum Gasteiger partial charge on any atom is -0.399 e. The van der Waals surface area contributed by atoms with Crippen LogP contribution < -0.4 is 10.5 Å². The van der Waals surface area contributed by atoms with Crippen molar-refractivity contribution in [2.24, 2.45) is 0 Å². The van der Waals surface area contributed by atoms with Gasteiger partial charge in [0.1, 0.15) is 0 Å². The molecule has 6 heteroatoms. The minimum atomic E-state index is -3.66. The third kappa shape index (κ3) is 3.69. The third-order valence-corrected chi connectivity index (χ3v) is 4.15. The molecule has 1 aromatic rings. The Morgan fingerprint density at radius 1 is 1.33 bits per heavy atom. The van der Waals surface area contributed by atoms with Gasteiger partial charge in [-0.1, -0.05) is 0 Å². The molecule has 0 atom stereocenters. The van der Waals surface area contributed by atoms with Crippen molar-refractivity contribution in [1.82, 2.24) is 4.72 Å². The summed E-state index contributed by atoms with van der Waals surface area (Å²) in [4.78, 5) is 0.157. The fourth-order valence-corrected chi connectivity index (χ4v) is 3.04. The molecule has 0 bridgehead atoms.